The molecular formula is C18H19N3O. The summed E-state index contributed by atoms with van der Waals surface area (Å²) < 4.78 is 2.11. The van der Waals surface area contributed by atoms with Gasteiger partial charge in [-0.25, -0.2) is 4.98 Å². The summed E-state index contributed by atoms with van der Waals surface area (Å²) in [5.41, 5.74) is 3.39. The molecule has 0 aliphatic rings. The zero-order valence-corrected chi connectivity index (χ0v) is 12.8. The van der Waals surface area contributed by atoms with Gasteiger partial charge in [-0.2, -0.15) is 0 Å². The SMILES string of the molecule is CN(C)c1ccc(-c2nccn2Cc2ccc(O)cc2)cc1. The van der Waals surface area contributed by atoms with Crippen molar-refractivity contribution in [1.82, 2.24) is 9.55 Å². The molecular weight excluding hydrogens is 274 g/mol. The van der Waals surface area contributed by atoms with Gasteiger partial charge < -0.3 is 14.6 Å². The van der Waals surface area contributed by atoms with Crippen LogP contribution in [0.5, 0.6) is 5.75 Å². The van der Waals surface area contributed by atoms with Crippen LogP contribution in [0.15, 0.2) is 60.9 Å². The van der Waals surface area contributed by atoms with Gasteiger partial charge in [0.1, 0.15) is 11.6 Å². The lowest BCUT2D eigenvalue weighted by molar-refractivity contribution is 0.475. The molecule has 1 N–H and O–H groups in total. The lowest BCUT2D eigenvalue weighted by Crippen LogP contribution is -2.08. The number of aromatic nitrogens is 2. The zero-order chi connectivity index (χ0) is 15.5. The number of aromatic hydroxyl groups is 1. The molecule has 0 unspecified atom stereocenters. The van der Waals surface area contributed by atoms with Gasteiger partial charge in [-0.1, -0.05) is 12.1 Å². The maximum atomic E-state index is 9.36. The summed E-state index contributed by atoms with van der Waals surface area (Å²) in [4.78, 5) is 6.55. The fourth-order valence-corrected chi connectivity index (χ4v) is 2.40. The molecule has 0 aliphatic carbocycles. The van der Waals surface area contributed by atoms with Gasteiger partial charge in [0.15, 0.2) is 0 Å². The van der Waals surface area contributed by atoms with Crippen molar-refractivity contribution >= 4 is 5.69 Å². The molecule has 0 amide bonds. The number of rotatable bonds is 4. The normalized spacial score (nSPS) is 10.6. The highest BCUT2D eigenvalue weighted by Crippen LogP contribution is 2.22. The number of hydrogen-bond acceptors (Lipinski definition) is 3. The van der Waals surface area contributed by atoms with Crippen LogP contribution in [-0.2, 0) is 6.54 Å². The van der Waals surface area contributed by atoms with Crippen molar-refractivity contribution in [3.63, 3.8) is 0 Å². The van der Waals surface area contributed by atoms with E-state index in [0.717, 1.165) is 23.5 Å². The molecule has 4 heteroatoms. The Bertz CT molecular complexity index is 743. The van der Waals surface area contributed by atoms with Gasteiger partial charge in [-0.05, 0) is 42.0 Å². The second-order valence-electron chi connectivity index (χ2n) is 5.49. The van der Waals surface area contributed by atoms with Crippen LogP contribution in [0.25, 0.3) is 11.4 Å². The summed E-state index contributed by atoms with van der Waals surface area (Å²) in [5.74, 6) is 1.23. The van der Waals surface area contributed by atoms with Crippen molar-refractivity contribution < 1.29 is 5.11 Å². The van der Waals surface area contributed by atoms with E-state index in [-0.39, 0.29) is 5.75 Å². The predicted octanol–water partition coefficient (Wildman–Crippen LogP) is 3.37. The molecule has 2 aromatic carbocycles. The smallest absolute Gasteiger partial charge is 0.140 e. The molecule has 0 atom stereocenters. The van der Waals surface area contributed by atoms with Crippen LogP contribution in [0.4, 0.5) is 5.69 Å². The van der Waals surface area contributed by atoms with Gasteiger partial charge in [0.05, 0.1) is 0 Å². The van der Waals surface area contributed by atoms with Gasteiger partial charge in [-0.15, -0.1) is 0 Å². The average Bonchev–Trinajstić information content (AvgIpc) is 2.98. The first-order valence-electron chi connectivity index (χ1n) is 7.20. The first kappa shape index (κ1) is 14.2. The minimum absolute atomic E-state index is 0.286. The van der Waals surface area contributed by atoms with Crippen molar-refractivity contribution in [3.05, 3.63) is 66.5 Å². The van der Waals surface area contributed by atoms with Crippen LogP contribution < -0.4 is 4.90 Å². The predicted molar refractivity (Wildman–Crippen MR) is 89.2 cm³/mol. The number of nitrogens with zero attached hydrogens (tertiary/aromatic N) is 3. The third kappa shape index (κ3) is 2.96. The number of benzene rings is 2. The van der Waals surface area contributed by atoms with E-state index in [0.29, 0.717) is 0 Å². The first-order valence-corrected chi connectivity index (χ1v) is 7.20. The summed E-state index contributed by atoms with van der Waals surface area (Å²) in [6.07, 6.45) is 3.79. The molecule has 22 heavy (non-hydrogen) atoms. The van der Waals surface area contributed by atoms with E-state index < -0.39 is 0 Å². The molecule has 3 rings (SSSR count). The molecule has 0 fully saturated rings. The fourth-order valence-electron chi connectivity index (χ4n) is 2.40. The molecule has 0 radical (unpaired) electrons. The van der Waals surface area contributed by atoms with Crippen molar-refractivity contribution in [2.75, 3.05) is 19.0 Å². The monoisotopic (exact) mass is 293 g/mol. The number of imidazole rings is 1. The summed E-state index contributed by atoms with van der Waals surface area (Å²) in [7, 11) is 4.06. The van der Waals surface area contributed by atoms with Crippen LogP contribution in [0.1, 0.15) is 5.56 Å². The Morgan fingerprint density at radius 3 is 2.32 bits per heavy atom. The van der Waals surface area contributed by atoms with E-state index in [9.17, 15) is 5.11 Å². The molecule has 0 spiro atoms. The Labute approximate surface area is 130 Å². The topological polar surface area (TPSA) is 41.3 Å². The van der Waals surface area contributed by atoms with E-state index in [4.69, 9.17) is 0 Å². The molecule has 3 aromatic rings. The summed E-state index contributed by atoms with van der Waals surface area (Å²) in [5, 5.41) is 9.36. The van der Waals surface area contributed by atoms with E-state index in [1.807, 2.05) is 38.6 Å². The molecule has 1 heterocycles. The zero-order valence-electron chi connectivity index (χ0n) is 12.8. The molecule has 4 nitrogen and oxygen atoms in total. The van der Waals surface area contributed by atoms with Crippen molar-refractivity contribution in [1.29, 1.82) is 0 Å². The molecule has 1 aromatic heterocycles. The summed E-state index contributed by atoms with van der Waals surface area (Å²) in [6.45, 7) is 0.727. The number of anilines is 1. The largest absolute Gasteiger partial charge is 0.508 e. The maximum Gasteiger partial charge on any atom is 0.140 e. The van der Waals surface area contributed by atoms with E-state index >= 15 is 0 Å². The Balaban J connectivity index is 1.86. The van der Waals surface area contributed by atoms with Gasteiger partial charge in [0.25, 0.3) is 0 Å². The number of phenolic OH excluding ortho intramolecular Hbond substituents is 1. The van der Waals surface area contributed by atoms with Gasteiger partial charge >= 0.3 is 0 Å². The highest BCUT2D eigenvalue weighted by atomic mass is 16.3. The Morgan fingerprint density at radius 2 is 1.68 bits per heavy atom. The summed E-state index contributed by atoms with van der Waals surface area (Å²) in [6, 6.07) is 15.6. The lowest BCUT2D eigenvalue weighted by atomic mass is 10.1. The Hall–Kier alpha value is -2.75. The quantitative estimate of drug-likeness (QED) is 0.802. The second kappa shape index (κ2) is 5.93. The molecule has 0 aliphatic heterocycles. The van der Waals surface area contributed by atoms with Crippen LogP contribution in [0.3, 0.4) is 0 Å². The number of hydrogen-bond donors (Lipinski definition) is 1. The van der Waals surface area contributed by atoms with Crippen LogP contribution >= 0.6 is 0 Å². The average molecular weight is 293 g/mol. The van der Waals surface area contributed by atoms with Crippen LogP contribution in [0.2, 0.25) is 0 Å². The van der Waals surface area contributed by atoms with E-state index in [2.05, 4.69) is 38.7 Å². The molecule has 0 saturated heterocycles. The van der Waals surface area contributed by atoms with Crippen molar-refractivity contribution in [2.45, 2.75) is 6.54 Å². The fraction of sp³-hybridized carbons (Fsp3) is 0.167. The summed E-state index contributed by atoms with van der Waals surface area (Å²) >= 11 is 0. The second-order valence-corrected chi connectivity index (χ2v) is 5.49. The third-order valence-electron chi connectivity index (χ3n) is 3.65. The highest BCUT2D eigenvalue weighted by molar-refractivity contribution is 5.60. The van der Waals surface area contributed by atoms with Crippen LogP contribution in [-0.4, -0.2) is 28.8 Å². The molecule has 112 valence electrons. The van der Waals surface area contributed by atoms with Crippen molar-refractivity contribution in [3.8, 4) is 17.1 Å². The Morgan fingerprint density at radius 1 is 1.00 bits per heavy atom. The van der Waals surface area contributed by atoms with E-state index in [1.54, 1.807) is 12.1 Å². The van der Waals surface area contributed by atoms with E-state index in [1.165, 1.54) is 5.69 Å². The first-order chi connectivity index (χ1) is 10.6. The van der Waals surface area contributed by atoms with Crippen LogP contribution in [0, 0.1) is 0 Å². The standard InChI is InChI=1S/C18H19N3O/c1-20(2)16-7-5-15(6-8-16)18-19-11-12-21(18)13-14-3-9-17(22)10-4-14/h3-12,22H,13H2,1-2H3. The highest BCUT2D eigenvalue weighted by Gasteiger charge is 2.07. The van der Waals surface area contributed by atoms with Gasteiger partial charge in [-0.3, -0.25) is 0 Å². The Kier molecular flexibility index (Phi) is 3.83. The minimum Gasteiger partial charge on any atom is -0.508 e. The number of phenols is 1. The maximum absolute atomic E-state index is 9.36. The third-order valence-corrected chi connectivity index (χ3v) is 3.65. The van der Waals surface area contributed by atoms with Gasteiger partial charge in [0.2, 0.25) is 0 Å². The van der Waals surface area contributed by atoms with Gasteiger partial charge in [0, 0.05) is 44.3 Å². The van der Waals surface area contributed by atoms with Crippen molar-refractivity contribution in [2.24, 2.45) is 0 Å². The molecule has 0 bridgehead atoms. The lowest BCUT2D eigenvalue weighted by Gasteiger charge is -2.13. The minimum atomic E-state index is 0.286. The molecule has 0 saturated carbocycles.